The Morgan fingerprint density at radius 1 is 1.35 bits per heavy atom. The summed E-state index contributed by atoms with van der Waals surface area (Å²) in [5.41, 5.74) is 0. The molecule has 94 valence electrons. The number of anilines is 1. The van der Waals surface area contributed by atoms with E-state index in [1.165, 1.54) is 38.8 Å². The van der Waals surface area contributed by atoms with Crippen LogP contribution in [0.2, 0.25) is 0 Å². The SMILES string of the molecule is CN(CC1CCNCC1)c1nccn1C1CC1. The minimum Gasteiger partial charge on any atom is -0.345 e. The molecule has 1 aromatic rings. The van der Waals surface area contributed by atoms with Gasteiger partial charge in [-0.2, -0.15) is 0 Å². The Balaban J connectivity index is 1.63. The summed E-state index contributed by atoms with van der Waals surface area (Å²) >= 11 is 0. The summed E-state index contributed by atoms with van der Waals surface area (Å²) in [5, 5.41) is 3.42. The van der Waals surface area contributed by atoms with Gasteiger partial charge < -0.3 is 14.8 Å². The van der Waals surface area contributed by atoms with Crippen molar-refractivity contribution < 1.29 is 0 Å². The maximum atomic E-state index is 4.52. The Kier molecular flexibility index (Phi) is 3.05. The zero-order valence-corrected chi connectivity index (χ0v) is 10.6. The molecule has 4 nitrogen and oxygen atoms in total. The van der Waals surface area contributed by atoms with Crippen LogP contribution in [0.3, 0.4) is 0 Å². The van der Waals surface area contributed by atoms with Gasteiger partial charge in [0.1, 0.15) is 0 Å². The fraction of sp³-hybridized carbons (Fsp3) is 0.769. The average molecular weight is 234 g/mol. The minimum absolute atomic E-state index is 0.725. The molecular formula is C13H22N4. The second-order valence-corrected chi connectivity index (χ2v) is 5.44. The van der Waals surface area contributed by atoms with E-state index in [2.05, 4.69) is 33.0 Å². The van der Waals surface area contributed by atoms with Crippen molar-refractivity contribution in [2.75, 3.05) is 31.6 Å². The lowest BCUT2D eigenvalue weighted by Gasteiger charge is -2.28. The van der Waals surface area contributed by atoms with Crippen molar-refractivity contribution in [1.29, 1.82) is 0 Å². The number of nitrogens with one attached hydrogen (secondary N) is 1. The third-order valence-corrected chi connectivity index (χ3v) is 3.92. The highest BCUT2D eigenvalue weighted by atomic mass is 15.3. The smallest absolute Gasteiger partial charge is 0.205 e. The monoisotopic (exact) mass is 234 g/mol. The Morgan fingerprint density at radius 2 is 2.12 bits per heavy atom. The van der Waals surface area contributed by atoms with Gasteiger partial charge in [0, 0.05) is 32.0 Å². The minimum atomic E-state index is 0.725. The fourth-order valence-electron chi connectivity index (χ4n) is 2.77. The molecule has 1 aliphatic carbocycles. The number of nitrogens with zero attached hydrogens (tertiary/aromatic N) is 3. The molecule has 1 aromatic heterocycles. The van der Waals surface area contributed by atoms with Crippen LogP contribution < -0.4 is 10.2 Å². The van der Waals surface area contributed by atoms with Crippen molar-refractivity contribution in [2.24, 2.45) is 5.92 Å². The van der Waals surface area contributed by atoms with E-state index in [-0.39, 0.29) is 0 Å². The summed E-state index contributed by atoms with van der Waals surface area (Å²) in [5.74, 6) is 1.98. The number of hydrogen-bond donors (Lipinski definition) is 1. The van der Waals surface area contributed by atoms with Crippen LogP contribution in [-0.4, -0.2) is 36.2 Å². The molecule has 1 aliphatic heterocycles. The van der Waals surface area contributed by atoms with Crippen molar-refractivity contribution in [3.05, 3.63) is 12.4 Å². The van der Waals surface area contributed by atoms with E-state index in [1.807, 2.05) is 6.20 Å². The third kappa shape index (κ3) is 2.46. The molecule has 3 rings (SSSR count). The normalized spacial score (nSPS) is 21.7. The molecule has 1 saturated heterocycles. The van der Waals surface area contributed by atoms with Gasteiger partial charge in [0.15, 0.2) is 0 Å². The highest BCUT2D eigenvalue weighted by Gasteiger charge is 2.27. The molecule has 17 heavy (non-hydrogen) atoms. The Hall–Kier alpha value is -1.03. The van der Waals surface area contributed by atoms with Crippen molar-refractivity contribution in [2.45, 2.75) is 31.7 Å². The van der Waals surface area contributed by atoms with Crippen LogP contribution in [0.1, 0.15) is 31.7 Å². The number of piperidine rings is 1. The van der Waals surface area contributed by atoms with E-state index >= 15 is 0 Å². The molecule has 2 fully saturated rings. The summed E-state index contributed by atoms with van der Waals surface area (Å²) in [6.07, 6.45) is 9.32. The third-order valence-electron chi connectivity index (χ3n) is 3.92. The molecule has 1 N–H and O–H groups in total. The van der Waals surface area contributed by atoms with Crippen LogP contribution in [0, 0.1) is 5.92 Å². The lowest BCUT2D eigenvalue weighted by molar-refractivity contribution is 0.376. The van der Waals surface area contributed by atoms with E-state index < -0.39 is 0 Å². The van der Waals surface area contributed by atoms with E-state index in [0.717, 1.165) is 24.5 Å². The van der Waals surface area contributed by atoms with Crippen LogP contribution in [0.15, 0.2) is 12.4 Å². The molecule has 0 radical (unpaired) electrons. The zero-order chi connectivity index (χ0) is 11.7. The van der Waals surface area contributed by atoms with Crippen LogP contribution in [0.25, 0.3) is 0 Å². The first kappa shape index (κ1) is 11.1. The van der Waals surface area contributed by atoms with Crippen molar-refractivity contribution in [3.63, 3.8) is 0 Å². The molecule has 0 amide bonds. The van der Waals surface area contributed by atoms with Crippen molar-refractivity contribution in [3.8, 4) is 0 Å². The first-order chi connectivity index (χ1) is 8.34. The molecule has 0 spiro atoms. The van der Waals surface area contributed by atoms with Gasteiger partial charge in [-0.25, -0.2) is 4.98 Å². The molecule has 1 saturated carbocycles. The summed E-state index contributed by atoms with van der Waals surface area (Å²) in [6, 6.07) is 0.725. The topological polar surface area (TPSA) is 33.1 Å². The summed E-state index contributed by atoms with van der Waals surface area (Å²) in [6.45, 7) is 3.50. The molecule has 0 atom stereocenters. The highest BCUT2D eigenvalue weighted by Crippen LogP contribution is 2.37. The van der Waals surface area contributed by atoms with E-state index in [4.69, 9.17) is 0 Å². The van der Waals surface area contributed by atoms with Gasteiger partial charge >= 0.3 is 0 Å². The molecule has 0 bridgehead atoms. The maximum absolute atomic E-state index is 4.52. The van der Waals surface area contributed by atoms with Crippen molar-refractivity contribution >= 4 is 5.95 Å². The van der Waals surface area contributed by atoms with Crippen LogP contribution in [0.4, 0.5) is 5.95 Å². The number of rotatable bonds is 4. The van der Waals surface area contributed by atoms with Gasteiger partial charge in [0.25, 0.3) is 0 Å². The molecule has 4 heteroatoms. The second kappa shape index (κ2) is 4.69. The van der Waals surface area contributed by atoms with Crippen LogP contribution in [0.5, 0.6) is 0 Å². The molecule has 2 aliphatic rings. The standard InChI is InChI=1S/C13H22N4/c1-16(10-11-4-6-14-7-5-11)13-15-8-9-17(13)12-2-3-12/h8-9,11-12,14H,2-7,10H2,1H3. The number of hydrogen-bond acceptors (Lipinski definition) is 3. The summed E-state index contributed by atoms with van der Waals surface area (Å²) < 4.78 is 2.35. The molecular weight excluding hydrogens is 212 g/mol. The first-order valence-electron chi connectivity index (χ1n) is 6.79. The Bertz CT molecular complexity index is 363. The second-order valence-electron chi connectivity index (χ2n) is 5.44. The highest BCUT2D eigenvalue weighted by molar-refractivity contribution is 5.31. The maximum Gasteiger partial charge on any atom is 0.205 e. The first-order valence-corrected chi connectivity index (χ1v) is 6.79. The van der Waals surface area contributed by atoms with E-state index in [1.54, 1.807) is 0 Å². The molecule has 0 unspecified atom stereocenters. The molecule has 0 aromatic carbocycles. The predicted molar refractivity (Wildman–Crippen MR) is 69.4 cm³/mol. The Morgan fingerprint density at radius 3 is 2.82 bits per heavy atom. The van der Waals surface area contributed by atoms with Gasteiger partial charge in [0.2, 0.25) is 5.95 Å². The van der Waals surface area contributed by atoms with E-state index in [9.17, 15) is 0 Å². The summed E-state index contributed by atoms with van der Waals surface area (Å²) in [4.78, 5) is 6.86. The van der Waals surface area contributed by atoms with Gasteiger partial charge in [-0.3, -0.25) is 0 Å². The molecule has 2 heterocycles. The van der Waals surface area contributed by atoms with Gasteiger partial charge in [0.05, 0.1) is 0 Å². The Labute approximate surface area is 103 Å². The number of imidazole rings is 1. The van der Waals surface area contributed by atoms with Gasteiger partial charge in [-0.15, -0.1) is 0 Å². The largest absolute Gasteiger partial charge is 0.345 e. The van der Waals surface area contributed by atoms with Crippen molar-refractivity contribution in [1.82, 2.24) is 14.9 Å². The average Bonchev–Trinajstić information content (AvgIpc) is 3.08. The predicted octanol–water partition coefficient (Wildman–Crippen LogP) is 1.65. The van der Waals surface area contributed by atoms with Crippen LogP contribution in [-0.2, 0) is 0 Å². The van der Waals surface area contributed by atoms with Gasteiger partial charge in [-0.1, -0.05) is 0 Å². The fourth-order valence-corrected chi connectivity index (χ4v) is 2.77. The zero-order valence-electron chi connectivity index (χ0n) is 10.6. The number of aromatic nitrogens is 2. The van der Waals surface area contributed by atoms with Gasteiger partial charge in [-0.05, 0) is 44.7 Å². The quantitative estimate of drug-likeness (QED) is 0.860. The lowest BCUT2D eigenvalue weighted by Crippen LogP contribution is -2.35. The van der Waals surface area contributed by atoms with Crippen LogP contribution >= 0.6 is 0 Å². The lowest BCUT2D eigenvalue weighted by atomic mass is 9.98. The van der Waals surface area contributed by atoms with E-state index in [0.29, 0.717) is 0 Å². The summed E-state index contributed by atoms with van der Waals surface area (Å²) in [7, 11) is 2.18.